The molecule has 0 spiro atoms. The van der Waals surface area contributed by atoms with Gasteiger partial charge < -0.3 is 10.1 Å². The van der Waals surface area contributed by atoms with Crippen LogP contribution in [-0.2, 0) is 21.4 Å². The summed E-state index contributed by atoms with van der Waals surface area (Å²) < 4.78 is 30.3. The summed E-state index contributed by atoms with van der Waals surface area (Å²) in [6.07, 6.45) is 1.41. The Labute approximate surface area is 175 Å². The van der Waals surface area contributed by atoms with Crippen LogP contribution in [0.25, 0.3) is 0 Å². The van der Waals surface area contributed by atoms with Gasteiger partial charge in [0.2, 0.25) is 5.91 Å². The van der Waals surface area contributed by atoms with E-state index < -0.39 is 10.0 Å². The molecule has 3 aromatic rings. The summed E-state index contributed by atoms with van der Waals surface area (Å²) >= 11 is 0. The summed E-state index contributed by atoms with van der Waals surface area (Å²) in [5.74, 6) is 0.473. The fraction of sp³-hybridized carbons (Fsp3) is 0.0909. The van der Waals surface area contributed by atoms with Crippen LogP contribution in [0.2, 0.25) is 0 Å². The van der Waals surface area contributed by atoms with Crippen LogP contribution in [0.5, 0.6) is 5.75 Å². The molecule has 0 atom stereocenters. The number of hydrazone groups is 1. The number of nitrogens with one attached hydrogen (secondary N) is 2. The lowest BCUT2D eigenvalue weighted by molar-refractivity contribution is -0.114. The van der Waals surface area contributed by atoms with Crippen LogP contribution >= 0.6 is 0 Å². The molecule has 0 bridgehead atoms. The van der Waals surface area contributed by atoms with E-state index in [-0.39, 0.29) is 10.8 Å². The quantitative estimate of drug-likeness (QED) is 0.428. The summed E-state index contributed by atoms with van der Waals surface area (Å²) in [4.78, 5) is 13.2. The third-order valence-electron chi connectivity index (χ3n) is 4.00. The Balaban J connectivity index is 1.55. The monoisotopic (exact) mass is 423 g/mol. The van der Waals surface area contributed by atoms with Gasteiger partial charge in [0.25, 0.3) is 10.0 Å². The van der Waals surface area contributed by atoms with Crippen molar-refractivity contribution < 1.29 is 17.9 Å². The Kier molecular flexibility index (Phi) is 6.82. The lowest BCUT2D eigenvalue weighted by Gasteiger charge is -2.07. The van der Waals surface area contributed by atoms with Crippen molar-refractivity contribution in [1.29, 1.82) is 0 Å². The molecule has 0 aliphatic rings. The molecule has 8 heteroatoms. The first-order valence-corrected chi connectivity index (χ1v) is 10.6. The van der Waals surface area contributed by atoms with Crippen molar-refractivity contribution >= 4 is 27.8 Å². The molecule has 0 saturated carbocycles. The number of ether oxygens (including phenoxy) is 1. The predicted octanol–water partition coefficient (Wildman–Crippen LogP) is 3.54. The van der Waals surface area contributed by atoms with Crippen molar-refractivity contribution in [2.24, 2.45) is 5.10 Å². The van der Waals surface area contributed by atoms with Crippen molar-refractivity contribution in [3.63, 3.8) is 0 Å². The number of amides is 1. The summed E-state index contributed by atoms with van der Waals surface area (Å²) in [6, 6.07) is 22.8. The van der Waals surface area contributed by atoms with Gasteiger partial charge in [-0.25, -0.2) is 4.83 Å². The molecule has 3 rings (SSSR count). The Hall–Kier alpha value is -3.65. The minimum absolute atomic E-state index is 0.0402. The molecule has 2 N–H and O–H groups in total. The van der Waals surface area contributed by atoms with E-state index in [4.69, 9.17) is 4.74 Å². The van der Waals surface area contributed by atoms with Crippen molar-refractivity contribution in [3.05, 3.63) is 90.0 Å². The van der Waals surface area contributed by atoms with Gasteiger partial charge in [-0.3, -0.25) is 4.79 Å². The number of carbonyl (C=O) groups excluding carboxylic acids is 1. The summed E-state index contributed by atoms with van der Waals surface area (Å²) in [5.41, 5.74) is 2.30. The molecule has 0 heterocycles. The van der Waals surface area contributed by atoms with Gasteiger partial charge in [0.05, 0.1) is 11.1 Å². The average Bonchev–Trinajstić information content (AvgIpc) is 2.74. The summed E-state index contributed by atoms with van der Waals surface area (Å²) in [6.45, 7) is 1.84. The van der Waals surface area contributed by atoms with Crippen LogP contribution in [-0.4, -0.2) is 20.5 Å². The molecule has 0 unspecified atom stereocenters. The highest BCUT2D eigenvalue weighted by atomic mass is 32.2. The topological polar surface area (TPSA) is 96.9 Å². The molecule has 0 aliphatic heterocycles. The lowest BCUT2D eigenvalue weighted by Crippen LogP contribution is -2.18. The minimum atomic E-state index is -3.81. The number of benzene rings is 3. The van der Waals surface area contributed by atoms with E-state index in [0.29, 0.717) is 23.6 Å². The first kappa shape index (κ1) is 21.1. The highest BCUT2D eigenvalue weighted by molar-refractivity contribution is 7.89. The number of anilines is 1. The first-order valence-electron chi connectivity index (χ1n) is 9.12. The maximum absolute atomic E-state index is 12.3. The molecular formula is C22H21N3O4S. The fourth-order valence-corrected chi connectivity index (χ4v) is 3.33. The second-order valence-corrected chi connectivity index (χ2v) is 8.06. The van der Waals surface area contributed by atoms with Gasteiger partial charge in [-0.05, 0) is 59.7 Å². The second kappa shape index (κ2) is 9.71. The molecule has 7 nitrogen and oxygen atoms in total. The van der Waals surface area contributed by atoms with Crippen LogP contribution in [0.4, 0.5) is 5.69 Å². The van der Waals surface area contributed by atoms with Crippen LogP contribution in [0.3, 0.4) is 0 Å². The number of sulfonamides is 1. The molecule has 154 valence electrons. The van der Waals surface area contributed by atoms with Gasteiger partial charge in [-0.2, -0.15) is 13.5 Å². The Morgan fingerprint density at radius 1 is 0.967 bits per heavy atom. The molecule has 0 aliphatic carbocycles. The zero-order valence-electron chi connectivity index (χ0n) is 16.3. The number of hydrogen-bond donors (Lipinski definition) is 2. The highest BCUT2D eigenvalue weighted by Gasteiger charge is 2.12. The summed E-state index contributed by atoms with van der Waals surface area (Å²) in [5, 5.41) is 6.39. The normalized spacial score (nSPS) is 11.2. The van der Waals surface area contributed by atoms with E-state index >= 15 is 0 Å². The van der Waals surface area contributed by atoms with E-state index in [2.05, 4.69) is 15.2 Å². The third kappa shape index (κ3) is 6.18. The number of hydrogen-bond acceptors (Lipinski definition) is 5. The van der Waals surface area contributed by atoms with E-state index in [9.17, 15) is 13.2 Å². The van der Waals surface area contributed by atoms with E-state index in [0.717, 1.165) is 5.56 Å². The van der Waals surface area contributed by atoms with Crippen molar-refractivity contribution in [2.45, 2.75) is 18.4 Å². The molecule has 0 fully saturated rings. The van der Waals surface area contributed by atoms with Crippen LogP contribution in [0.1, 0.15) is 18.1 Å². The van der Waals surface area contributed by atoms with Gasteiger partial charge in [-0.15, -0.1) is 0 Å². The zero-order valence-corrected chi connectivity index (χ0v) is 17.1. The van der Waals surface area contributed by atoms with Gasteiger partial charge in [-0.1, -0.05) is 30.3 Å². The Morgan fingerprint density at radius 2 is 1.63 bits per heavy atom. The van der Waals surface area contributed by atoms with Gasteiger partial charge in [0, 0.05) is 12.6 Å². The average molecular weight is 423 g/mol. The molecule has 30 heavy (non-hydrogen) atoms. The number of carbonyl (C=O) groups is 1. The van der Waals surface area contributed by atoms with E-state index in [1.165, 1.54) is 37.4 Å². The smallest absolute Gasteiger partial charge is 0.276 e. The van der Waals surface area contributed by atoms with Crippen molar-refractivity contribution in [3.8, 4) is 5.75 Å². The van der Waals surface area contributed by atoms with Gasteiger partial charge >= 0.3 is 0 Å². The van der Waals surface area contributed by atoms with Crippen molar-refractivity contribution in [1.82, 2.24) is 4.83 Å². The van der Waals surface area contributed by atoms with E-state index in [1.807, 2.05) is 30.3 Å². The first-order chi connectivity index (χ1) is 14.4. The van der Waals surface area contributed by atoms with Crippen LogP contribution in [0, 0.1) is 0 Å². The Bertz CT molecular complexity index is 1110. The number of nitrogens with zero attached hydrogens (tertiary/aromatic N) is 1. The maximum atomic E-state index is 12.3. The minimum Gasteiger partial charge on any atom is -0.489 e. The van der Waals surface area contributed by atoms with Crippen molar-refractivity contribution in [2.75, 3.05) is 5.32 Å². The lowest BCUT2D eigenvalue weighted by atomic mass is 10.2. The fourth-order valence-electron chi connectivity index (χ4n) is 2.53. The molecule has 3 aromatic carbocycles. The highest BCUT2D eigenvalue weighted by Crippen LogP contribution is 2.15. The van der Waals surface area contributed by atoms with Gasteiger partial charge in [0.1, 0.15) is 12.4 Å². The standard InChI is InChI=1S/C22H21N3O4S/c1-17(26)24-20-9-13-22(14-10-20)30(27,28)25-23-15-18-7-11-21(12-8-18)29-16-19-5-3-2-4-6-19/h2-15,25H,16H2,1H3,(H,24,26)/b23-15+. The maximum Gasteiger partial charge on any atom is 0.276 e. The van der Waals surface area contributed by atoms with Crippen LogP contribution < -0.4 is 14.9 Å². The molecule has 1 amide bonds. The molecule has 0 aromatic heterocycles. The number of rotatable bonds is 8. The van der Waals surface area contributed by atoms with E-state index in [1.54, 1.807) is 24.3 Å². The Morgan fingerprint density at radius 3 is 2.27 bits per heavy atom. The SMILES string of the molecule is CC(=O)Nc1ccc(S(=O)(=O)N/N=C/c2ccc(OCc3ccccc3)cc2)cc1. The zero-order chi connectivity index (χ0) is 21.4. The summed E-state index contributed by atoms with van der Waals surface area (Å²) in [7, 11) is -3.81. The van der Waals surface area contributed by atoms with Gasteiger partial charge in [0.15, 0.2) is 0 Å². The largest absolute Gasteiger partial charge is 0.489 e. The third-order valence-corrected chi connectivity index (χ3v) is 5.24. The molecular weight excluding hydrogens is 402 g/mol. The predicted molar refractivity (Wildman–Crippen MR) is 116 cm³/mol. The molecule has 0 radical (unpaired) electrons. The second-order valence-electron chi connectivity index (χ2n) is 6.40. The molecule has 0 saturated heterocycles. The van der Waals surface area contributed by atoms with Crippen LogP contribution in [0.15, 0.2) is 88.9 Å².